The average Bonchev–Trinajstić information content (AvgIpc) is 3.01. The Morgan fingerprint density at radius 1 is 0.957 bits per heavy atom. The monoisotopic (exact) mass is 364 g/mol. The first-order valence-electron chi connectivity index (χ1n) is 7.55. The number of nitrogens with zero attached hydrogens (tertiary/aromatic N) is 2. The molecule has 2 aromatic carbocycles. The summed E-state index contributed by atoms with van der Waals surface area (Å²) in [4.78, 5) is 0. The summed E-state index contributed by atoms with van der Waals surface area (Å²) in [6.45, 7) is 0. The summed E-state index contributed by atoms with van der Waals surface area (Å²) in [5, 5.41) is 20.0. The Morgan fingerprint density at radius 2 is 1.57 bits per heavy atom. The van der Waals surface area contributed by atoms with Crippen LogP contribution in [0.4, 0.5) is 0 Å². The SMILES string of the molecule is N#CC1(C#N)C=C(c2ccccc2)C(C[Se]c2ccccc2)C1. The van der Waals surface area contributed by atoms with Gasteiger partial charge >= 0.3 is 143 Å². The third-order valence-electron chi connectivity index (χ3n) is 4.11. The second kappa shape index (κ2) is 6.84. The first-order chi connectivity index (χ1) is 11.3. The molecular formula is C20H16N2Se. The Bertz CT molecular complexity index is 768. The molecule has 0 spiro atoms. The van der Waals surface area contributed by atoms with E-state index in [1.165, 1.54) is 4.46 Å². The van der Waals surface area contributed by atoms with Gasteiger partial charge in [0.2, 0.25) is 0 Å². The zero-order valence-corrected chi connectivity index (χ0v) is 14.4. The van der Waals surface area contributed by atoms with Crippen LogP contribution in [-0.2, 0) is 0 Å². The van der Waals surface area contributed by atoms with Crippen molar-refractivity contribution < 1.29 is 0 Å². The maximum absolute atomic E-state index is 9.47. The van der Waals surface area contributed by atoms with Crippen LogP contribution in [0.3, 0.4) is 0 Å². The quantitative estimate of drug-likeness (QED) is 0.780. The third-order valence-corrected chi connectivity index (χ3v) is 6.57. The minimum absolute atomic E-state index is 0.275. The van der Waals surface area contributed by atoms with Gasteiger partial charge in [0.1, 0.15) is 0 Å². The summed E-state index contributed by atoms with van der Waals surface area (Å²) in [6, 6.07) is 25.1. The van der Waals surface area contributed by atoms with Crippen LogP contribution in [0.15, 0.2) is 66.7 Å². The fourth-order valence-corrected chi connectivity index (χ4v) is 5.12. The van der Waals surface area contributed by atoms with Crippen molar-refractivity contribution >= 4 is 25.0 Å². The van der Waals surface area contributed by atoms with E-state index >= 15 is 0 Å². The van der Waals surface area contributed by atoms with Crippen molar-refractivity contribution in [2.45, 2.75) is 11.7 Å². The summed E-state index contributed by atoms with van der Waals surface area (Å²) in [5.74, 6) is 0.275. The molecule has 1 atom stereocenters. The average molecular weight is 363 g/mol. The van der Waals surface area contributed by atoms with E-state index in [1.807, 2.05) is 30.3 Å². The van der Waals surface area contributed by atoms with Gasteiger partial charge < -0.3 is 0 Å². The molecule has 1 aliphatic rings. The van der Waals surface area contributed by atoms with Gasteiger partial charge in [-0.15, -0.1) is 0 Å². The molecule has 0 fully saturated rings. The van der Waals surface area contributed by atoms with Crippen LogP contribution in [0, 0.1) is 34.0 Å². The molecule has 0 N–H and O–H groups in total. The van der Waals surface area contributed by atoms with Crippen LogP contribution in [0.25, 0.3) is 5.57 Å². The van der Waals surface area contributed by atoms with Crippen LogP contribution >= 0.6 is 0 Å². The van der Waals surface area contributed by atoms with Crippen molar-refractivity contribution in [2.24, 2.45) is 11.3 Å². The van der Waals surface area contributed by atoms with Gasteiger partial charge in [-0.2, -0.15) is 0 Å². The van der Waals surface area contributed by atoms with Crippen molar-refractivity contribution in [3.63, 3.8) is 0 Å². The Hall–Kier alpha value is -2.32. The Labute approximate surface area is 143 Å². The maximum atomic E-state index is 9.47. The first kappa shape index (κ1) is 15.6. The summed E-state index contributed by atoms with van der Waals surface area (Å²) >= 11 is 0.348. The van der Waals surface area contributed by atoms with Crippen molar-refractivity contribution in [2.75, 3.05) is 0 Å². The molecule has 1 aliphatic carbocycles. The van der Waals surface area contributed by atoms with E-state index in [9.17, 15) is 10.5 Å². The normalized spacial score (nSPS) is 18.7. The second-order valence-corrected chi connectivity index (χ2v) is 7.98. The Kier molecular flexibility index (Phi) is 4.63. The summed E-state index contributed by atoms with van der Waals surface area (Å²) in [7, 11) is 0. The van der Waals surface area contributed by atoms with Crippen molar-refractivity contribution in [1.29, 1.82) is 10.5 Å². The van der Waals surface area contributed by atoms with E-state index in [0.717, 1.165) is 16.5 Å². The molecule has 0 heterocycles. The number of rotatable bonds is 4. The van der Waals surface area contributed by atoms with Crippen LogP contribution < -0.4 is 4.46 Å². The first-order valence-corrected chi connectivity index (χ1v) is 9.62. The van der Waals surface area contributed by atoms with Crippen molar-refractivity contribution in [3.8, 4) is 12.1 Å². The molecule has 0 saturated carbocycles. The molecular weight excluding hydrogens is 347 g/mol. The zero-order chi connectivity index (χ0) is 16.1. The summed E-state index contributed by atoms with van der Waals surface area (Å²) in [6.07, 6.45) is 2.51. The van der Waals surface area contributed by atoms with Crippen molar-refractivity contribution in [1.82, 2.24) is 0 Å². The number of allylic oxidation sites excluding steroid dienone is 2. The third kappa shape index (κ3) is 3.38. The molecule has 1 unspecified atom stereocenters. The van der Waals surface area contributed by atoms with E-state index < -0.39 is 5.41 Å². The van der Waals surface area contributed by atoms with Gasteiger partial charge in [0.25, 0.3) is 0 Å². The van der Waals surface area contributed by atoms with E-state index in [1.54, 1.807) is 0 Å². The number of hydrogen-bond donors (Lipinski definition) is 0. The molecule has 0 saturated heterocycles. The summed E-state index contributed by atoms with van der Waals surface area (Å²) < 4.78 is 1.36. The Balaban J connectivity index is 1.86. The van der Waals surface area contributed by atoms with E-state index in [2.05, 4.69) is 48.5 Å². The summed E-state index contributed by atoms with van der Waals surface area (Å²) in [5.41, 5.74) is 1.32. The standard InChI is InChI=1S/C20H16N2Se/c21-14-20(15-22)11-17(13-23-18-9-5-2-6-10-18)19(12-20)16-7-3-1-4-8-16/h1-10,12,17H,11,13H2. The molecule has 2 aromatic rings. The molecule has 0 radical (unpaired) electrons. The van der Waals surface area contributed by atoms with Gasteiger partial charge in [-0.1, -0.05) is 0 Å². The predicted octanol–water partition coefficient (Wildman–Crippen LogP) is 3.57. The van der Waals surface area contributed by atoms with Crippen LogP contribution in [0.1, 0.15) is 12.0 Å². The molecule has 112 valence electrons. The van der Waals surface area contributed by atoms with Gasteiger partial charge in [-0.25, -0.2) is 0 Å². The van der Waals surface area contributed by atoms with Crippen molar-refractivity contribution in [3.05, 3.63) is 72.3 Å². The van der Waals surface area contributed by atoms with Gasteiger partial charge in [-0.3, -0.25) is 0 Å². The van der Waals surface area contributed by atoms with E-state index in [0.29, 0.717) is 21.4 Å². The minimum atomic E-state index is -0.970. The molecule has 0 amide bonds. The zero-order valence-electron chi connectivity index (χ0n) is 12.6. The fraction of sp³-hybridized carbons (Fsp3) is 0.200. The second-order valence-electron chi connectivity index (χ2n) is 5.69. The number of nitriles is 2. The predicted molar refractivity (Wildman–Crippen MR) is 92.8 cm³/mol. The number of benzene rings is 2. The molecule has 3 heteroatoms. The van der Waals surface area contributed by atoms with E-state index in [4.69, 9.17) is 0 Å². The molecule has 0 aromatic heterocycles. The molecule has 23 heavy (non-hydrogen) atoms. The molecule has 2 nitrogen and oxygen atoms in total. The van der Waals surface area contributed by atoms with Gasteiger partial charge in [0.15, 0.2) is 0 Å². The van der Waals surface area contributed by atoms with Crippen LogP contribution in [0.2, 0.25) is 5.32 Å². The van der Waals surface area contributed by atoms with Gasteiger partial charge in [0.05, 0.1) is 0 Å². The molecule has 3 rings (SSSR count). The van der Waals surface area contributed by atoms with Gasteiger partial charge in [-0.05, 0) is 0 Å². The van der Waals surface area contributed by atoms with E-state index in [-0.39, 0.29) is 5.92 Å². The Morgan fingerprint density at radius 3 is 2.17 bits per heavy atom. The van der Waals surface area contributed by atoms with Gasteiger partial charge in [0, 0.05) is 0 Å². The van der Waals surface area contributed by atoms with Crippen LogP contribution in [0.5, 0.6) is 0 Å². The molecule has 0 aliphatic heterocycles. The van der Waals surface area contributed by atoms with Crippen LogP contribution in [-0.4, -0.2) is 15.0 Å². The topological polar surface area (TPSA) is 47.6 Å². The number of hydrogen-bond acceptors (Lipinski definition) is 2. The molecule has 0 bridgehead atoms. The fourth-order valence-electron chi connectivity index (χ4n) is 2.93.